The zero-order valence-electron chi connectivity index (χ0n) is 23.2. The van der Waals surface area contributed by atoms with E-state index >= 15 is 0 Å². The third-order valence-electron chi connectivity index (χ3n) is 4.49. The molecule has 0 aliphatic carbocycles. The number of nitrogens with zero attached hydrogens (tertiary/aromatic N) is 2. The van der Waals surface area contributed by atoms with Crippen molar-refractivity contribution in [2.24, 2.45) is 0 Å². The van der Waals surface area contributed by atoms with Gasteiger partial charge in [-0.1, -0.05) is 0 Å². The summed E-state index contributed by atoms with van der Waals surface area (Å²) in [5.74, 6) is 0. The van der Waals surface area contributed by atoms with Gasteiger partial charge in [0, 0.05) is 25.8 Å². The molecule has 6 N–H and O–H groups in total. The van der Waals surface area contributed by atoms with Gasteiger partial charge in [0.1, 0.15) is 0 Å². The molecule has 0 amide bonds. The van der Waals surface area contributed by atoms with Crippen molar-refractivity contribution in [3.63, 3.8) is 0 Å². The van der Waals surface area contributed by atoms with Gasteiger partial charge >= 0.3 is 17.1 Å². The summed E-state index contributed by atoms with van der Waals surface area (Å²) in [7, 11) is -9.42. The summed E-state index contributed by atoms with van der Waals surface area (Å²) in [4.78, 5) is 3.57. The van der Waals surface area contributed by atoms with Gasteiger partial charge in [-0.15, -0.1) is 0 Å². The van der Waals surface area contributed by atoms with E-state index in [4.69, 9.17) is 12.3 Å². The van der Waals surface area contributed by atoms with Gasteiger partial charge in [0.2, 0.25) is 0 Å². The van der Waals surface area contributed by atoms with Crippen LogP contribution in [0, 0.1) is 0 Å². The molecule has 0 aliphatic rings. The average Bonchev–Trinajstić information content (AvgIpc) is 2.62. The van der Waals surface area contributed by atoms with Crippen molar-refractivity contribution >= 4 is 33.8 Å². The van der Waals surface area contributed by atoms with E-state index in [0.29, 0.717) is 6.17 Å². The molecule has 35 heavy (non-hydrogen) atoms. The normalized spacial score (nSPS) is 18.1. The zero-order valence-corrected chi connectivity index (χ0v) is 27.2. The van der Waals surface area contributed by atoms with E-state index in [1.54, 1.807) is 4.90 Å². The Morgan fingerprint density at radius 3 is 1.29 bits per heavy atom. The van der Waals surface area contributed by atoms with Gasteiger partial charge in [-0.05, 0) is 58.9 Å². The SMILES string of the molecule is C[Si](C)(C)O[Si](C)(C)O[Si](C)(CN(CC(O)CO)CN(CC(O)CO)CC(O)CO)O[Si](C)(C)C. The fourth-order valence-electron chi connectivity index (χ4n) is 4.13. The minimum absolute atomic E-state index is 0.0479. The molecule has 4 unspecified atom stereocenters. The Kier molecular flexibility index (Phi) is 15.3. The van der Waals surface area contributed by atoms with Crippen LogP contribution in [0.25, 0.3) is 0 Å². The lowest BCUT2D eigenvalue weighted by Gasteiger charge is -2.44. The fraction of sp³-hybridized carbons (Fsp3) is 1.00. The van der Waals surface area contributed by atoms with Crippen LogP contribution in [0.5, 0.6) is 0 Å². The summed E-state index contributed by atoms with van der Waals surface area (Å²) in [6.45, 7) is 17.7. The lowest BCUT2D eigenvalue weighted by atomic mass is 10.3. The summed E-state index contributed by atoms with van der Waals surface area (Å²) in [6.07, 6.45) is -2.75. The Balaban J connectivity index is 6.03. The first kappa shape index (κ1) is 35.4. The Hall–Kier alpha value is 0.428. The molecule has 0 aromatic heterocycles. The lowest BCUT2D eigenvalue weighted by Crippen LogP contribution is -2.63. The molecule has 0 radical (unpaired) electrons. The molecule has 0 saturated heterocycles. The molecule has 0 bridgehead atoms. The Bertz CT molecular complexity index is 584. The van der Waals surface area contributed by atoms with Crippen molar-refractivity contribution in [3.8, 4) is 0 Å². The Morgan fingerprint density at radius 2 is 0.943 bits per heavy atom. The number of hydrogen-bond donors (Lipinski definition) is 6. The van der Waals surface area contributed by atoms with Crippen LogP contribution >= 0.6 is 0 Å². The standard InChI is InChI=1S/C20H52N2O9Si4/c1-32(2,3)29-34(7,8)31-35(9,30-33(4,5)6)17-22(12-20(28)15-25)16-21(10-18(26)13-23)11-19(27)14-24/h18-20,23-28H,10-17H2,1-9H3. The zero-order chi connectivity index (χ0) is 27.7. The smallest absolute Gasteiger partial charge is 0.330 e. The highest BCUT2D eigenvalue weighted by atomic mass is 28.5. The van der Waals surface area contributed by atoms with Crippen LogP contribution in [0.3, 0.4) is 0 Å². The van der Waals surface area contributed by atoms with E-state index < -0.39 is 71.9 Å². The number of aliphatic hydroxyl groups is 6. The average molecular weight is 577 g/mol. The highest BCUT2D eigenvalue weighted by Gasteiger charge is 2.46. The van der Waals surface area contributed by atoms with Crippen molar-refractivity contribution in [1.82, 2.24) is 9.80 Å². The molecule has 0 rings (SSSR count). The van der Waals surface area contributed by atoms with Crippen molar-refractivity contribution in [2.45, 2.75) is 77.2 Å². The van der Waals surface area contributed by atoms with Gasteiger partial charge in [0.15, 0.2) is 16.6 Å². The second kappa shape index (κ2) is 15.1. The van der Waals surface area contributed by atoms with Crippen LogP contribution in [0.2, 0.25) is 58.9 Å². The topological polar surface area (TPSA) is 156 Å². The highest BCUT2D eigenvalue weighted by Crippen LogP contribution is 2.25. The maximum atomic E-state index is 10.3. The van der Waals surface area contributed by atoms with Crippen LogP contribution in [0.1, 0.15) is 0 Å². The van der Waals surface area contributed by atoms with Crippen LogP contribution in [0.4, 0.5) is 0 Å². The number of hydrogen-bond acceptors (Lipinski definition) is 11. The summed E-state index contributed by atoms with van der Waals surface area (Å²) in [5, 5.41) is 58.4. The van der Waals surface area contributed by atoms with Gasteiger partial charge in [-0.25, -0.2) is 0 Å². The molecule has 0 aliphatic heterocycles. The first-order valence-corrected chi connectivity index (χ1v) is 24.3. The largest absolute Gasteiger partial charge is 0.437 e. The second-order valence-electron chi connectivity index (χ2n) is 11.8. The van der Waals surface area contributed by atoms with Crippen molar-refractivity contribution in [3.05, 3.63) is 0 Å². The molecule has 0 heterocycles. The molecular weight excluding hydrogens is 525 g/mol. The van der Waals surface area contributed by atoms with Crippen molar-refractivity contribution < 1.29 is 43.0 Å². The van der Waals surface area contributed by atoms with E-state index in [1.165, 1.54) is 0 Å². The summed E-state index contributed by atoms with van der Waals surface area (Å²) >= 11 is 0. The summed E-state index contributed by atoms with van der Waals surface area (Å²) in [5.41, 5.74) is 0. The fourth-order valence-corrected chi connectivity index (χ4v) is 22.0. The Labute approximate surface area is 216 Å². The van der Waals surface area contributed by atoms with E-state index in [-0.39, 0.29) is 26.3 Å². The third-order valence-corrected chi connectivity index (χ3v) is 17.8. The summed E-state index contributed by atoms with van der Waals surface area (Å²) < 4.78 is 19.8. The molecule has 0 saturated carbocycles. The van der Waals surface area contributed by atoms with Gasteiger partial charge in [0.05, 0.1) is 44.8 Å². The molecule has 0 spiro atoms. The number of aliphatic hydroxyl groups excluding tert-OH is 6. The molecule has 0 aromatic carbocycles. The van der Waals surface area contributed by atoms with E-state index in [9.17, 15) is 30.6 Å². The molecule has 11 nitrogen and oxygen atoms in total. The van der Waals surface area contributed by atoms with Crippen LogP contribution < -0.4 is 0 Å². The first-order chi connectivity index (χ1) is 15.7. The van der Waals surface area contributed by atoms with Crippen LogP contribution in [-0.4, -0.2) is 145 Å². The molecule has 4 atom stereocenters. The molecular formula is C20H52N2O9Si4. The van der Waals surface area contributed by atoms with E-state index in [2.05, 4.69) is 39.3 Å². The second-order valence-corrected chi connectivity index (χ2v) is 28.0. The minimum Gasteiger partial charge on any atom is -0.437 e. The summed E-state index contributed by atoms with van der Waals surface area (Å²) in [6, 6.07) is 0. The highest BCUT2D eigenvalue weighted by molar-refractivity contribution is 6.89. The molecule has 0 aromatic rings. The maximum Gasteiger partial charge on any atom is 0.330 e. The van der Waals surface area contributed by atoms with E-state index in [1.807, 2.05) is 24.5 Å². The Morgan fingerprint density at radius 1 is 0.571 bits per heavy atom. The molecule has 0 fully saturated rings. The van der Waals surface area contributed by atoms with Gasteiger partial charge in [-0.3, -0.25) is 9.80 Å². The quantitative estimate of drug-likeness (QED) is 0.0882. The van der Waals surface area contributed by atoms with Gasteiger partial charge in [-0.2, -0.15) is 0 Å². The monoisotopic (exact) mass is 576 g/mol. The third kappa shape index (κ3) is 17.5. The van der Waals surface area contributed by atoms with Crippen LogP contribution in [0.15, 0.2) is 0 Å². The van der Waals surface area contributed by atoms with Crippen molar-refractivity contribution in [2.75, 3.05) is 52.3 Å². The maximum absolute atomic E-state index is 10.3. The van der Waals surface area contributed by atoms with E-state index in [0.717, 1.165) is 0 Å². The molecule has 15 heteroatoms. The van der Waals surface area contributed by atoms with Gasteiger partial charge in [0.25, 0.3) is 0 Å². The molecule has 212 valence electrons. The van der Waals surface area contributed by atoms with Gasteiger partial charge < -0.3 is 43.0 Å². The van der Waals surface area contributed by atoms with Crippen molar-refractivity contribution in [1.29, 1.82) is 0 Å². The lowest BCUT2D eigenvalue weighted by molar-refractivity contribution is -0.00876. The first-order valence-electron chi connectivity index (χ1n) is 12.1. The predicted molar refractivity (Wildman–Crippen MR) is 146 cm³/mol. The van der Waals surface area contributed by atoms with Crippen LogP contribution in [-0.2, 0) is 12.3 Å². The number of rotatable bonds is 19. The minimum atomic E-state index is -2.92. The predicted octanol–water partition coefficient (Wildman–Crippen LogP) is -0.360.